The minimum absolute atomic E-state index is 0. The number of halogens is 1. The van der Waals surface area contributed by atoms with E-state index in [1.54, 1.807) is 0 Å². The zero-order valence-corrected chi connectivity index (χ0v) is 17.6. The Hall–Kier alpha value is -0.0800. The predicted octanol–water partition coefficient (Wildman–Crippen LogP) is 2.16. The van der Waals surface area contributed by atoms with Gasteiger partial charge in [-0.25, -0.2) is 0 Å². The third-order valence-electron chi connectivity index (χ3n) is 6.30. The fourth-order valence-corrected chi connectivity index (χ4v) is 3.91. The van der Waals surface area contributed by atoms with Crippen molar-refractivity contribution in [1.82, 2.24) is 15.1 Å². The number of fused-ring (bicyclic) bond motifs is 1. The van der Waals surface area contributed by atoms with Gasteiger partial charge in [0.25, 0.3) is 0 Å². The van der Waals surface area contributed by atoms with Crippen molar-refractivity contribution in [1.29, 1.82) is 0 Å². The predicted molar refractivity (Wildman–Crippen MR) is 106 cm³/mol. The molecule has 3 saturated heterocycles. The molecule has 0 aliphatic carbocycles. The number of likely N-dealkylation sites (tertiary alicyclic amines) is 1. The largest absolute Gasteiger partial charge is 0.373 e. The molecule has 23 heavy (non-hydrogen) atoms. The number of hydrogen-bond acceptors (Lipinski definition) is 3. The average molecular weight is 436 g/mol. The molecule has 0 spiro atoms. The van der Waals surface area contributed by atoms with Gasteiger partial charge in [-0.2, -0.15) is 0 Å². The Kier molecular flexibility index (Phi) is 5.89. The van der Waals surface area contributed by atoms with Crippen LogP contribution in [0.5, 0.6) is 0 Å². The van der Waals surface area contributed by atoms with Crippen molar-refractivity contribution in [3.8, 4) is 0 Å². The molecule has 3 rings (SSSR count). The van der Waals surface area contributed by atoms with Gasteiger partial charge in [-0.15, -0.1) is 24.0 Å². The first-order chi connectivity index (χ1) is 10.3. The van der Waals surface area contributed by atoms with Crippen LogP contribution < -0.4 is 5.32 Å². The quantitative estimate of drug-likeness (QED) is 0.409. The van der Waals surface area contributed by atoms with E-state index in [9.17, 15) is 0 Å². The fraction of sp³-hybridized carbons (Fsp3) is 0.941. The lowest BCUT2D eigenvalue weighted by molar-refractivity contribution is -0.0694. The number of ether oxygens (including phenoxy) is 1. The van der Waals surface area contributed by atoms with Crippen LogP contribution in [0.4, 0.5) is 0 Å². The Bertz CT molecular complexity index is 452. The highest BCUT2D eigenvalue weighted by Gasteiger charge is 2.53. The van der Waals surface area contributed by atoms with E-state index in [1.165, 1.54) is 19.4 Å². The fourth-order valence-electron chi connectivity index (χ4n) is 3.91. The van der Waals surface area contributed by atoms with Crippen LogP contribution in [0.15, 0.2) is 4.99 Å². The van der Waals surface area contributed by atoms with Gasteiger partial charge in [0.2, 0.25) is 0 Å². The molecule has 3 aliphatic heterocycles. The second-order valence-corrected chi connectivity index (χ2v) is 8.20. The van der Waals surface area contributed by atoms with Gasteiger partial charge in [0.15, 0.2) is 5.96 Å². The van der Waals surface area contributed by atoms with Crippen LogP contribution in [0.25, 0.3) is 0 Å². The van der Waals surface area contributed by atoms with Gasteiger partial charge < -0.3 is 15.0 Å². The molecule has 0 bridgehead atoms. The molecule has 0 saturated carbocycles. The maximum Gasteiger partial charge on any atom is 0.194 e. The van der Waals surface area contributed by atoms with Crippen molar-refractivity contribution in [3.05, 3.63) is 0 Å². The maximum atomic E-state index is 6.03. The molecule has 3 aliphatic rings. The van der Waals surface area contributed by atoms with E-state index in [-0.39, 0.29) is 35.6 Å². The molecule has 2 atom stereocenters. The molecular formula is C17H33IN4O. The summed E-state index contributed by atoms with van der Waals surface area (Å²) in [6.07, 6.45) is 2.91. The van der Waals surface area contributed by atoms with Gasteiger partial charge in [0.05, 0.1) is 12.7 Å². The monoisotopic (exact) mass is 436 g/mol. The first-order valence-corrected chi connectivity index (χ1v) is 8.69. The van der Waals surface area contributed by atoms with Gasteiger partial charge in [0, 0.05) is 43.7 Å². The first kappa shape index (κ1) is 19.2. The molecule has 0 aromatic rings. The van der Waals surface area contributed by atoms with E-state index < -0.39 is 0 Å². The summed E-state index contributed by atoms with van der Waals surface area (Å²) in [5.41, 5.74) is 0.469. The minimum Gasteiger partial charge on any atom is -0.373 e. The highest BCUT2D eigenvalue weighted by atomic mass is 127. The molecule has 6 heteroatoms. The number of guanidine groups is 1. The van der Waals surface area contributed by atoms with Gasteiger partial charge >= 0.3 is 0 Å². The summed E-state index contributed by atoms with van der Waals surface area (Å²) in [6, 6.07) is 0.672. The highest BCUT2D eigenvalue weighted by molar-refractivity contribution is 14.0. The van der Waals surface area contributed by atoms with Gasteiger partial charge in [-0.3, -0.25) is 9.89 Å². The number of morpholine rings is 1. The van der Waals surface area contributed by atoms with E-state index >= 15 is 0 Å². The van der Waals surface area contributed by atoms with E-state index in [0.717, 1.165) is 32.2 Å². The summed E-state index contributed by atoms with van der Waals surface area (Å²) in [5, 5.41) is 3.54. The normalized spacial score (nSPS) is 32.7. The van der Waals surface area contributed by atoms with E-state index in [0.29, 0.717) is 11.5 Å². The Labute approximate surface area is 158 Å². The Balaban J connectivity index is 0.00000192. The summed E-state index contributed by atoms with van der Waals surface area (Å²) < 4.78 is 6.03. The van der Waals surface area contributed by atoms with Gasteiger partial charge in [0.1, 0.15) is 0 Å². The lowest BCUT2D eigenvalue weighted by atomic mass is 9.65. The minimum atomic E-state index is 0. The second-order valence-electron chi connectivity index (χ2n) is 8.20. The number of aliphatic imine (C=N–C) groups is 1. The summed E-state index contributed by atoms with van der Waals surface area (Å²) in [5.74, 6) is 1.01. The smallest absolute Gasteiger partial charge is 0.194 e. The van der Waals surface area contributed by atoms with E-state index in [1.807, 2.05) is 7.05 Å². The summed E-state index contributed by atoms with van der Waals surface area (Å²) in [7, 11) is 1.88. The Morgan fingerprint density at radius 3 is 2.65 bits per heavy atom. The lowest BCUT2D eigenvalue weighted by Crippen LogP contribution is -2.72. The summed E-state index contributed by atoms with van der Waals surface area (Å²) in [4.78, 5) is 9.46. The lowest BCUT2D eigenvalue weighted by Gasteiger charge is -2.62. The zero-order chi connectivity index (χ0) is 16.0. The van der Waals surface area contributed by atoms with Gasteiger partial charge in [-0.1, -0.05) is 13.8 Å². The number of rotatable bonds is 2. The number of hydrogen-bond donors (Lipinski definition) is 1. The molecule has 2 unspecified atom stereocenters. The van der Waals surface area contributed by atoms with Crippen LogP contribution in [0.1, 0.15) is 40.5 Å². The van der Waals surface area contributed by atoms with Crippen LogP contribution in [-0.4, -0.2) is 73.3 Å². The molecule has 134 valence electrons. The molecule has 3 fully saturated rings. The molecule has 1 N–H and O–H groups in total. The Morgan fingerprint density at radius 2 is 2.04 bits per heavy atom. The van der Waals surface area contributed by atoms with Crippen molar-refractivity contribution in [2.24, 2.45) is 10.4 Å². The van der Waals surface area contributed by atoms with Crippen molar-refractivity contribution < 1.29 is 4.74 Å². The number of nitrogens with zero attached hydrogens (tertiary/aromatic N) is 3. The SMILES string of the molecule is CN=C(NCC1CN2CCCC2CO1)N1CC(C)(C)C1(C)C.I. The van der Waals surface area contributed by atoms with Crippen molar-refractivity contribution in [3.63, 3.8) is 0 Å². The van der Waals surface area contributed by atoms with Crippen LogP contribution in [0.3, 0.4) is 0 Å². The van der Waals surface area contributed by atoms with Crippen molar-refractivity contribution >= 4 is 29.9 Å². The van der Waals surface area contributed by atoms with Crippen LogP contribution >= 0.6 is 24.0 Å². The van der Waals surface area contributed by atoms with Crippen molar-refractivity contribution in [2.75, 3.05) is 39.8 Å². The molecule has 0 aromatic heterocycles. The van der Waals surface area contributed by atoms with Crippen molar-refractivity contribution in [2.45, 2.75) is 58.2 Å². The molecular weight excluding hydrogens is 403 g/mol. The standard InChI is InChI=1S/C17H32N4O.HI/c1-16(2)12-21(17(16,3)4)15(18-5)19-9-14-10-20-8-6-7-13(20)11-22-14;/h13-14H,6-12H2,1-5H3,(H,18,19);1H. The van der Waals surface area contributed by atoms with E-state index in [2.05, 4.69) is 47.8 Å². The Morgan fingerprint density at radius 1 is 1.30 bits per heavy atom. The second kappa shape index (κ2) is 7.04. The average Bonchev–Trinajstić information content (AvgIpc) is 2.94. The third-order valence-corrected chi connectivity index (χ3v) is 6.30. The summed E-state index contributed by atoms with van der Waals surface area (Å²) >= 11 is 0. The maximum absolute atomic E-state index is 6.03. The highest BCUT2D eigenvalue weighted by Crippen LogP contribution is 2.46. The topological polar surface area (TPSA) is 40.1 Å². The first-order valence-electron chi connectivity index (χ1n) is 8.69. The third kappa shape index (κ3) is 3.49. The van der Waals surface area contributed by atoms with Crippen LogP contribution in [0.2, 0.25) is 0 Å². The molecule has 0 amide bonds. The molecule has 5 nitrogen and oxygen atoms in total. The van der Waals surface area contributed by atoms with Crippen LogP contribution in [0, 0.1) is 5.41 Å². The zero-order valence-electron chi connectivity index (χ0n) is 15.3. The van der Waals surface area contributed by atoms with Gasteiger partial charge in [-0.05, 0) is 33.2 Å². The summed E-state index contributed by atoms with van der Waals surface area (Å²) in [6.45, 7) is 14.4. The number of nitrogens with one attached hydrogen (secondary N) is 1. The molecule has 3 heterocycles. The van der Waals surface area contributed by atoms with Crippen LogP contribution in [-0.2, 0) is 4.74 Å². The molecule has 0 radical (unpaired) electrons. The molecule has 0 aromatic carbocycles. The van der Waals surface area contributed by atoms with E-state index in [4.69, 9.17) is 4.74 Å².